The fourth-order valence-electron chi connectivity index (χ4n) is 4.20. The van der Waals surface area contributed by atoms with E-state index in [0.717, 1.165) is 42.9 Å². The van der Waals surface area contributed by atoms with Crippen LogP contribution in [0.3, 0.4) is 0 Å². The second-order valence-electron chi connectivity index (χ2n) is 8.33. The largest absolute Gasteiger partial charge is 0.464 e. The average Bonchev–Trinajstić information content (AvgIpc) is 2.85. The van der Waals surface area contributed by atoms with Gasteiger partial charge in [-0.2, -0.15) is 0 Å². The zero-order valence-electron chi connectivity index (χ0n) is 19.4. The molecule has 9 nitrogen and oxygen atoms in total. The molecular weight excluding hydrogens is 420 g/mol. The Bertz CT molecular complexity index is 1130. The molecule has 0 N–H and O–H groups in total. The molecule has 172 valence electrons. The first-order valence-corrected chi connectivity index (χ1v) is 11.1. The highest BCUT2D eigenvalue weighted by Crippen LogP contribution is 2.27. The number of ether oxygens (including phenoxy) is 1. The third-order valence-corrected chi connectivity index (χ3v) is 6.22. The van der Waals surface area contributed by atoms with Gasteiger partial charge in [-0.15, -0.1) is 10.2 Å². The molecule has 0 amide bonds. The van der Waals surface area contributed by atoms with E-state index in [-0.39, 0.29) is 17.5 Å². The van der Waals surface area contributed by atoms with Gasteiger partial charge in [0, 0.05) is 31.2 Å². The van der Waals surface area contributed by atoms with Crippen molar-refractivity contribution in [3.63, 3.8) is 0 Å². The van der Waals surface area contributed by atoms with E-state index in [1.165, 1.54) is 13.3 Å². The van der Waals surface area contributed by atoms with Crippen molar-refractivity contribution in [2.45, 2.75) is 39.7 Å². The van der Waals surface area contributed by atoms with E-state index in [1.54, 1.807) is 6.20 Å². The number of allylic oxidation sites excluding steroid dienone is 4. The highest BCUT2D eigenvalue weighted by Gasteiger charge is 2.28. The number of hydrogen-bond donors (Lipinski definition) is 0. The number of carbonyl (C=O) groups excluding carboxylic acids is 2. The van der Waals surface area contributed by atoms with Crippen molar-refractivity contribution in [3.8, 4) is 0 Å². The third-order valence-electron chi connectivity index (χ3n) is 6.22. The molecule has 1 fully saturated rings. The Morgan fingerprint density at radius 2 is 1.88 bits per heavy atom. The van der Waals surface area contributed by atoms with Crippen LogP contribution >= 0.6 is 0 Å². The van der Waals surface area contributed by atoms with Crippen LogP contribution in [0.2, 0.25) is 0 Å². The van der Waals surface area contributed by atoms with E-state index in [9.17, 15) is 9.59 Å². The summed E-state index contributed by atoms with van der Waals surface area (Å²) >= 11 is 0. The second kappa shape index (κ2) is 9.48. The monoisotopic (exact) mass is 448 g/mol. The van der Waals surface area contributed by atoms with Gasteiger partial charge in [0.1, 0.15) is 11.5 Å². The topological polar surface area (TPSA) is 101 Å². The predicted molar refractivity (Wildman–Crippen MR) is 125 cm³/mol. The van der Waals surface area contributed by atoms with Gasteiger partial charge in [-0.3, -0.25) is 4.79 Å². The minimum absolute atomic E-state index is 0.0715. The van der Waals surface area contributed by atoms with Crippen LogP contribution in [-0.2, 0) is 4.74 Å². The Balaban J connectivity index is 1.49. The molecule has 4 rings (SSSR count). The molecule has 1 aliphatic heterocycles. The third kappa shape index (κ3) is 4.48. The second-order valence-corrected chi connectivity index (χ2v) is 8.33. The van der Waals surface area contributed by atoms with Gasteiger partial charge in [0.15, 0.2) is 11.5 Å². The molecule has 2 aromatic rings. The lowest BCUT2D eigenvalue weighted by atomic mass is 9.98. The number of anilines is 2. The van der Waals surface area contributed by atoms with Crippen LogP contribution in [0.4, 0.5) is 11.6 Å². The Morgan fingerprint density at radius 1 is 1.06 bits per heavy atom. The lowest BCUT2D eigenvalue weighted by Crippen LogP contribution is -2.53. The van der Waals surface area contributed by atoms with Crippen molar-refractivity contribution < 1.29 is 14.3 Å². The van der Waals surface area contributed by atoms with Crippen molar-refractivity contribution in [2.24, 2.45) is 0 Å². The smallest absolute Gasteiger partial charge is 0.358 e. The van der Waals surface area contributed by atoms with Gasteiger partial charge in [-0.1, -0.05) is 18.2 Å². The molecule has 0 unspecified atom stereocenters. The van der Waals surface area contributed by atoms with Crippen LogP contribution in [0.25, 0.3) is 0 Å². The maximum atomic E-state index is 12.9. The molecule has 1 atom stereocenters. The number of methoxy groups -OCH3 is 1. The summed E-state index contributed by atoms with van der Waals surface area (Å²) in [6.45, 7) is 8.20. The molecule has 1 saturated heterocycles. The molecule has 0 aromatic carbocycles. The molecule has 3 heterocycles. The normalized spacial score (nSPS) is 18.2. The summed E-state index contributed by atoms with van der Waals surface area (Å²) in [6.07, 6.45) is 10.7. The Hall–Kier alpha value is -3.62. The highest BCUT2D eigenvalue weighted by molar-refractivity contribution is 6.10. The molecule has 2 aliphatic rings. The number of piperazine rings is 1. The molecule has 0 spiro atoms. The summed E-state index contributed by atoms with van der Waals surface area (Å²) in [7, 11) is 1.32. The number of ketones is 1. The molecule has 0 saturated carbocycles. The number of esters is 1. The van der Waals surface area contributed by atoms with E-state index >= 15 is 0 Å². The number of rotatable bonds is 5. The van der Waals surface area contributed by atoms with Crippen molar-refractivity contribution in [2.75, 3.05) is 36.5 Å². The van der Waals surface area contributed by atoms with Gasteiger partial charge in [0.05, 0.1) is 19.5 Å². The average molecular weight is 449 g/mol. The number of hydrogen-bond acceptors (Lipinski definition) is 9. The lowest BCUT2D eigenvalue weighted by Gasteiger charge is -2.41. The van der Waals surface area contributed by atoms with Crippen molar-refractivity contribution in [3.05, 3.63) is 58.7 Å². The Kier molecular flexibility index (Phi) is 6.48. The molecule has 1 aliphatic carbocycles. The van der Waals surface area contributed by atoms with Gasteiger partial charge < -0.3 is 14.5 Å². The summed E-state index contributed by atoms with van der Waals surface area (Å²) in [5, 5.41) is 8.79. The van der Waals surface area contributed by atoms with Crippen LogP contribution < -0.4 is 9.80 Å². The van der Waals surface area contributed by atoms with E-state index in [1.807, 2.05) is 32.1 Å². The fraction of sp³-hybridized carbons (Fsp3) is 0.417. The van der Waals surface area contributed by atoms with Gasteiger partial charge in [0.25, 0.3) is 0 Å². The highest BCUT2D eigenvalue weighted by atomic mass is 16.5. The lowest BCUT2D eigenvalue weighted by molar-refractivity contribution is 0.0593. The standard InChI is InChI=1S/C24H28N6O3/c1-15-14-29(10-11-30(15)20-13-25-19(12-26-20)24(32)33-4)23-17(3)16(2)21(27-28-23)22(31)18-8-6-5-7-9-18/h6,8-9,12-13,15H,5,7,10-11,14H2,1-4H3/t15-/m1/s1. The first-order chi connectivity index (χ1) is 15.9. The molecular formula is C24H28N6O3. The summed E-state index contributed by atoms with van der Waals surface area (Å²) in [5.41, 5.74) is 3.12. The molecule has 33 heavy (non-hydrogen) atoms. The number of Topliss-reactive ketones (excluding diaryl/α,β-unsaturated/α-hetero) is 1. The molecule has 9 heteroatoms. The van der Waals surface area contributed by atoms with E-state index in [2.05, 4.69) is 41.6 Å². The van der Waals surface area contributed by atoms with E-state index in [0.29, 0.717) is 23.6 Å². The molecule has 2 aromatic heterocycles. The van der Waals surface area contributed by atoms with Crippen LogP contribution in [-0.4, -0.2) is 64.7 Å². The van der Waals surface area contributed by atoms with Gasteiger partial charge in [0.2, 0.25) is 5.78 Å². The van der Waals surface area contributed by atoms with E-state index < -0.39 is 5.97 Å². The maximum Gasteiger partial charge on any atom is 0.358 e. The minimum Gasteiger partial charge on any atom is -0.464 e. The zero-order valence-corrected chi connectivity index (χ0v) is 19.4. The van der Waals surface area contributed by atoms with Crippen LogP contribution in [0.1, 0.15) is 51.9 Å². The predicted octanol–water partition coefficient (Wildman–Crippen LogP) is 2.84. The van der Waals surface area contributed by atoms with E-state index in [4.69, 9.17) is 0 Å². The maximum absolute atomic E-state index is 12.9. The summed E-state index contributed by atoms with van der Waals surface area (Å²) in [6, 6.07) is 0.136. The first kappa shape index (κ1) is 22.6. The number of carbonyl (C=O) groups is 2. The molecule has 0 radical (unpaired) electrons. The summed E-state index contributed by atoms with van der Waals surface area (Å²) < 4.78 is 4.68. The van der Waals surface area contributed by atoms with Crippen molar-refractivity contribution >= 4 is 23.4 Å². The minimum atomic E-state index is -0.505. The van der Waals surface area contributed by atoms with Crippen LogP contribution in [0.5, 0.6) is 0 Å². The number of aromatic nitrogens is 4. The Morgan fingerprint density at radius 3 is 2.52 bits per heavy atom. The summed E-state index contributed by atoms with van der Waals surface area (Å²) in [5.74, 6) is 0.936. The van der Waals surface area contributed by atoms with Crippen LogP contribution in [0, 0.1) is 13.8 Å². The van der Waals surface area contributed by atoms with Gasteiger partial charge >= 0.3 is 5.97 Å². The van der Waals surface area contributed by atoms with Crippen LogP contribution in [0.15, 0.2) is 36.2 Å². The van der Waals surface area contributed by atoms with Gasteiger partial charge in [-0.25, -0.2) is 14.8 Å². The first-order valence-electron chi connectivity index (χ1n) is 11.1. The number of nitrogens with zero attached hydrogens (tertiary/aromatic N) is 6. The van der Waals surface area contributed by atoms with Crippen molar-refractivity contribution in [1.29, 1.82) is 0 Å². The molecule has 0 bridgehead atoms. The van der Waals surface area contributed by atoms with Crippen molar-refractivity contribution in [1.82, 2.24) is 20.2 Å². The Labute approximate surface area is 193 Å². The van der Waals surface area contributed by atoms with Gasteiger partial charge in [-0.05, 0) is 44.7 Å². The summed E-state index contributed by atoms with van der Waals surface area (Å²) in [4.78, 5) is 37.4. The quantitative estimate of drug-likeness (QED) is 0.505. The fourth-order valence-corrected chi connectivity index (χ4v) is 4.20. The SMILES string of the molecule is COC(=O)c1cnc(N2CCN(c3nnc(C(=O)C4=CCCC=C4)c(C)c3C)C[C@H]2C)cn1. The zero-order chi connectivity index (χ0) is 23.5.